The van der Waals surface area contributed by atoms with Gasteiger partial charge in [-0.15, -0.1) is 0 Å². The number of carbonyl (C=O) groups is 2. The van der Waals surface area contributed by atoms with Gasteiger partial charge in [0, 0.05) is 6.07 Å². The Morgan fingerprint density at radius 3 is 2.07 bits per heavy atom. The highest BCUT2D eigenvalue weighted by Gasteiger charge is 2.75. The molecule has 28 heavy (non-hydrogen) atoms. The number of halogens is 9. The molecule has 0 atom stereocenters. The van der Waals surface area contributed by atoms with Gasteiger partial charge in [-0.1, -0.05) is 6.07 Å². The minimum Gasteiger partial charge on any atom is -0.459 e. The Labute approximate surface area is 151 Å². The first-order valence-corrected chi connectivity index (χ1v) is 7.24. The summed E-state index contributed by atoms with van der Waals surface area (Å²) in [6.45, 7) is -2.62. The number of benzene rings is 1. The van der Waals surface area contributed by atoms with Crippen LogP contribution in [0.5, 0.6) is 5.75 Å². The normalized spacial score (nSPS) is 12.8. The summed E-state index contributed by atoms with van der Waals surface area (Å²) in [5, 5.41) is 0. The molecule has 0 radical (unpaired) electrons. The van der Waals surface area contributed by atoms with Crippen LogP contribution < -0.4 is 4.74 Å². The van der Waals surface area contributed by atoms with Crippen LogP contribution in [0.15, 0.2) is 24.3 Å². The van der Waals surface area contributed by atoms with Crippen LogP contribution in [0.1, 0.15) is 12.8 Å². The van der Waals surface area contributed by atoms with E-state index >= 15 is 0 Å². The Hall–Kier alpha value is -2.47. The Bertz CT molecular complexity index is 707. The SMILES string of the molecule is O=C(CCC(=O)Oc1cccc(F)c1)OCC(F)(F)C(F)(F)C(F)(F)C(F)F. The monoisotopic (exact) mass is 426 g/mol. The van der Waals surface area contributed by atoms with Crippen LogP contribution >= 0.6 is 0 Å². The second kappa shape index (κ2) is 8.69. The van der Waals surface area contributed by atoms with Gasteiger partial charge in [0.05, 0.1) is 12.8 Å². The molecule has 0 aliphatic heterocycles. The minimum absolute atomic E-state index is 0.251. The molecule has 0 bridgehead atoms. The van der Waals surface area contributed by atoms with Gasteiger partial charge in [0.25, 0.3) is 0 Å². The molecule has 13 heteroatoms. The average molecular weight is 426 g/mol. The van der Waals surface area contributed by atoms with Crippen LogP contribution in [0.2, 0.25) is 0 Å². The van der Waals surface area contributed by atoms with E-state index in [4.69, 9.17) is 0 Å². The molecule has 4 nitrogen and oxygen atoms in total. The Balaban J connectivity index is 2.56. The van der Waals surface area contributed by atoms with E-state index in [2.05, 4.69) is 9.47 Å². The molecule has 0 N–H and O–H groups in total. The number of alkyl halides is 8. The van der Waals surface area contributed by atoms with Crippen LogP contribution in [-0.2, 0) is 14.3 Å². The molecule has 0 spiro atoms. The lowest BCUT2D eigenvalue weighted by Gasteiger charge is -2.31. The summed E-state index contributed by atoms with van der Waals surface area (Å²) in [5.74, 6) is -22.5. The van der Waals surface area contributed by atoms with Gasteiger partial charge in [0.15, 0.2) is 6.61 Å². The molecule has 1 rings (SSSR count). The van der Waals surface area contributed by atoms with E-state index in [1.807, 2.05) is 0 Å². The van der Waals surface area contributed by atoms with Crippen molar-refractivity contribution in [3.63, 3.8) is 0 Å². The van der Waals surface area contributed by atoms with Crippen LogP contribution in [0.3, 0.4) is 0 Å². The van der Waals surface area contributed by atoms with Crippen LogP contribution in [0.4, 0.5) is 39.5 Å². The standard InChI is InChI=1S/C15H11F9O4/c16-8-2-1-3-9(6-8)28-11(26)5-4-10(25)27-7-13(19,20)15(23,24)14(21,22)12(17)18/h1-3,6,12H,4-5,7H2. The molecule has 0 saturated carbocycles. The van der Waals surface area contributed by atoms with Gasteiger partial charge in [-0.3, -0.25) is 9.59 Å². The lowest BCUT2D eigenvalue weighted by atomic mass is 10.1. The number of rotatable bonds is 9. The van der Waals surface area contributed by atoms with Crippen molar-refractivity contribution in [1.29, 1.82) is 0 Å². The maximum atomic E-state index is 13.2. The lowest BCUT2D eigenvalue weighted by Crippen LogP contribution is -2.59. The molecule has 1 aromatic carbocycles. The number of hydrogen-bond donors (Lipinski definition) is 0. The van der Waals surface area contributed by atoms with Crippen LogP contribution in [0, 0.1) is 5.82 Å². The van der Waals surface area contributed by atoms with Crippen LogP contribution in [0.25, 0.3) is 0 Å². The van der Waals surface area contributed by atoms with E-state index in [-0.39, 0.29) is 5.75 Å². The van der Waals surface area contributed by atoms with Crippen molar-refractivity contribution >= 4 is 11.9 Å². The summed E-state index contributed by atoms with van der Waals surface area (Å²) in [7, 11) is 0. The fourth-order valence-electron chi connectivity index (χ4n) is 1.63. The second-order valence-corrected chi connectivity index (χ2v) is 5.29. The molecular formula is C15H11F9O4. The molecule has 1 aromatic rings. The molecule has 0 fully saturated rings. The number of carbonyl (C=O) groups excluding carboxylic acids is 2. The van der Waals surface area contributed by atoms with Crippen molar-refractivity contribution in [3.8, 4) is 5.75 Å². The molecule has 0 unspecified atom stereocenters. The van der Waals surface area contributed by atoms with Gasteiger partial charge in [-0.05, 0) is 12.1 Å². The summed E-state index contributed by atoms with van der Waals surface area (Å²) in [6.07, 6.45) is -6.90. The van der Waals surface area contributed by atoms with Crippen molar-refractivity contribution in [3.05, 3.63) is 30.1 Å². The van der Waals surface area contributed by atoms with Crippen molar-refractivity contribution < 1.29 is 58.6 Å². The third-order valence-electron chi connectivity index (χ3n) is 3.13. The maximum absolute atomic E-state index is 13.2. The lowest BCUT2D eigenvalue weighted by molar-refractivity contribution is -0.344. The number of hydrogen-bond acceptors (Lipinski definition) is 4. The summed E-state index contributed by atoms with van der Waals surface area (Å²) in [5.41, 5.74) is 0. The summed E-state index contributed by atoms with van der Waals surface area (Å²) < 4.78 is 123. The van der Waals surface area contributed by atoms with Gasteiger partial charge < -0.3 is 9.47 Å². The highest BCUT2D eigenvalue weighted by atomic mass is 19.4. The zero-order chi connectivity index (χ0) is 21.8. The summed E-state index contributed by atoms with van der Waals surface area (Å²) in [4.78, 5) is 22.6. The van der Waals surface area contributed by atoms with Crippen molar-refractivity contribution in [2.45, 2.75) is 37.0 Å². The molecule has 0 aliphatic rings. The van der Waals surface area contributed by atoms with Crippen molar-refractivity contribution in [2.75, 3.05) is 6.61 Å². The topological polar surface area (TPSA) is 52.6 Å². The van der Waals surface area contributed by atoms with Gasteiger partial charge in [0.2, 0.25) is 0 Å². The molecule has 0 heterocycles. The first-order chi connectivity index (χ1) is 12.7. The fourth-order valence-corrected chi connectivity index (χ4v) is 1.63. The number of esters is 2. The summed E-state index contributed by atoms with van der Waals surface area (Å²) >= 11 is 0. The molecule has 0 aromatic heterocycles. The first kappa shape index (κ1) is 23.6. The van der Waals surface area contributed by atoms with Gasteiger partial charge in [-0.25, -0.2) is 13.2 Å². The molecule has 0 amide bonds. The fraction of sp³-hybridized carbons (Fsp3) is 0.467. The van der Waals surface area contributed by atoms with E-state index in [1.165, 1.54) is 12.1 Å². The predicted molar refractivity (Wildman–Crippen MR) is 73.1 cm³/mol. The first-order valence-electron chi connectivity index (χ1n) is 7.24. The van der Waals surface area contributed by atoms with E-state index in [9.17, 15) is 49.1 Å². The minimum atomic E-state index is -6.51. The molecule has 0 aliphatic carbocycles. The number of ether oxygens (including phenoxy) is 2. The van der Waals surface area contributed by atoms with Crippen molar-refractivity contribution in [2.24, 2.45) is 0 Å². The highest BCUT2D eigenvalue weighted by molar-refractivity contribution is 5.79. The molecular weight excluding hydrogens is 415 g/mol. The zero-order valence-corrected chi connectivity index (χ0v) is 13.5. The highest BCUT2D eigenvalue weighted by Crippen LogP contribution is 2.48. The Morgan fingerprint density at radius 2 is 1.54 bits per heavy atom. The Kier molecular flexibility index (Phi) is 7.32. The van der Waals surface area contributed by atoms with Gasteiger partial charge >= 0.3 is 36.1 Å². The van der Waals surface area contributed by atoms with E-state index < -0.39 is 61.4 Å². The van der Waals surface area contributed by atoms with E-state index in [1.54, 1.807) is 0 Å². The second-order valence-electron chi connectivity index (χ2n) is 5.29. The molecule has 158 valence electrons. The average Bonchev–Trinajstić information content (AvgIpc) is 2.57. The maximum Gasteiger partial charge on any atom is 0.381 e. The summed E-state index contributed by atoms with van der Waals surface area (Å²) in [6, 6.07) is 4.19. The third kappa shape index (κ3) is 5.52. The Morgan fingerprint density at radius 1 is 0.964 bits per heavy atom. The van der Waals surface area contributed by atoms with E-state index in [0.717, 1.165) is 12.1 Å². The van der Waals surface area contributed by atoms with E-state index in [0.29, 0.717) is 0 Å². The predicted octanol–water partition coefficient (Wildman–Crippen LogP) is 4.23. The van der Waals surface area contributed by atoms with Crippen LogP contribution in [-0.4, -0.2) is 42.7 Å². The largest absolute Gasteiger partial charge is 0.459 e. The quantitative estimate of drug-likeness (QED) is 0.337. The third-order valence-corrected chi connectivity index (χ3v) is 3.13. The smallest absolute Gasteiger partial charge is 0.381 e. The van der Waals surface area contributed by atoms with Crippen molar-refractivity contribution in [1.82, 2.24) is 0 Å². The zero-order valence-electron chi connectivity index (χ0n) is 13.5. The van der Waals surface area contributed by atoms with Gasteiger partial charge in [-0.2, -0.15) is 26.3 Å². The van der Waals surface area contributed by atoms with Gasteiger partial charge in [0.1, 0.15) is 11.6 Å². The molecule has 0 saturated heterocycles.